The van der Waals surface area contributed by atoms with Crippen molar-refractivity contribution in [2.45, 2.75) is 31.1 Å². The molecule has 1 saturated carbocycles. The number of imide groups is 2. The lowest BCUT2D eigenvalue weighted by Crippen LogP contribution is -2.53. The number of carbonyl (C=O) groups excluding carboxylic acids is 4. The predicted molar refractivity (Wildman–Crippen MR) is 212 cm³/mol. The predicted octanol–water partition coefficient (Wildman–Crippen LogP) is 7.90. The van der Waals surface area contributed by atoms with Crippen molar-refractivity contribution in [3.63, 3.8) is 0 Å². The summed E-state index contributed by atoms with van der Waals surface area (Å²) in [6.45, 7) is 2.07. The lowest BCUT2D eigenvalue weighted by atomic mass is 9.49. The fourth-order valence-electron chi connectivity index (χ4n) is 9.08. The minimum absolute atomic E-state index is 0.0814. The van der Waals surface area contributed by atoms with Gasteiger partial charge in [0.25, 0.3) is 11.8 Å². The van der Waals surface area contributed by atoms with Gasteiger partial charge < -0.3 is 14.6 Å². The molecule has 13 heteroatoms. The molecule has 4 aliphatic rings. The zero-order valence-corrected chi connectivity index (χ0v) is 32.8. The quantitative estimate of drug-likeness (QED) is 0.104. The van der Waals surface area contributed by atoms with E-state index in [1.165, 1.54) is 18.1 Å². The number of ether oxygens (including phenoxy) is 2. The summed E-state index contributed by atoms with van der Waals surface area (Å²) >= 11 is 14.9. The normalized spacial score (nSPS) is 25.9. The van der Waals surface area contributed by atoms with E-state index in [9.17, 15) is 19.5 Å². The minimum atomic E-state index is -1.63. The molecule has 3 fully saturated rings. The van der Waals surface area contributed by atoms with Crippen LogP contribution in [0, 0.1) is 27.2 Å². The minimum Gasteiger partial charge on any atom is -0.504 e. The first-order valence-electron chi connectivity index (χ1n) is 17.5. The van der Waals surface area contributed by atoms with Crippen LogP contribution < -0.4 is 19.8 Å². The highest BCUT2D eigenvalue weighted by Crippen LogP contribution is 2.65. The van der Waals surface area contributed by atoms with Crippen molar-refractivity contribution in [2.75, 3.05) is 24.0 Å². The van der Waals surface area contributed by atoms with Crippen molar-refractivity contribution in [3.8, 4) is 17.2 Å². The number of halogens is 3. The maximum Gasteiger partial charge on any atom is 0.260 e. The van der Waals surface area contributed by atoms with Gasteiger partial charge >= 0.3 is 0 Å². The molecule has 6 atom stereocenters. The smallest absolute Gasteiger partial charge is 0.260 e. The second kappa shape index (κ2) is 13.9. The van der Waals surface area contributed by atoms with E-state index < -0.39 is 46.8 Å². The number of aromatic hydroxyl groups is 1. The largest absolute Gasteiger partial charge is 0.504 e. The summed E-state index contributed by atoms with van der Waals surface area (Å²) in [6, 6.07) is 24.0. The number of benzene rings is 4. The van der Waals surface area contributed by atoms with Crippen LogP contribution in [0.5, 0.6) is 17.2 Å². The molecule has 2 heterocycles. The molecule has 0 unspecified atom stereocenters. The van der Waals surface area contributed by atoms with Crippen molar-refractivity contribution >= 4 is 80.8 Å². The van der Waals surface area contributed by atoms with Gasteiger partial charge in [-0.05, 0) is 115 Å². The van der Waals surface area contributed by atoms with E-state index in [1.54, 1.807) is 73.7 Å². The third-order valence-corrected chi connectivity index (χ3v) is 12.6. The number of rotatable bonds is 8. The van der Waals surface area contributed by atoms with E-state index in [2.05, 4.69) is 28.0 Å². The summed E-state index contributed by atoms with van der Waals surface area (Å²) in [6.07, 6.45) is 2.26. The van der Waals surface area contributed by atoms with E-state index >= 15 is 4.79 Å². The molecule has 0 bridgehead atoms. The Morgan fingerprint density at radius 1 is 0.926 bits per heavy atom. The number of anilines is 2. The number of allylic oxidation sites excluding steroid dienone is 2. The Kier molecular flexibility index (Phi) is 9.38. The molecule has 2 saturated heterocycles. The molecule has 8 rings (SSSR count). The molecule has 4 aromatic rings. The first-order chi connectivity index (χ1) is 26.0. The van der Waals surface area contributed by atoms with E-state index in [0.29, 0.717) is 33.2 Å². The van der Waals surface area contributed by atoms with E-state index in [1.807, 2.05) is 18.2 Å². The molecule has 0 aromatic heterocycles. The number of para-hydroxylation sites is 1. The summed E-state index contributed by atoms with van der Waals surface area (Å²) in [5, 5.41) is 13.5. The zero-order chi connectivity index (χ0) is 38.1. The van der Waals surface area contributed by atoms with E-state index in [4.69, 9.17) is 32.7 Å². The molecule has 0 radical (unpaired) electrons. The molecule has 54 heavy (non-hydrogen) atoms. The Labute approximate surface area is 335 Å². The first-order valence-corrected chi connectivity index (χ1v) is 19.4. The number of hydrogen-bond donors (Lipinski definition) is 2. The van der Waals surface area contributed by atoms with E-state index in [0.717, 1.165) is 8.58 Å². The molecule has 2 N–H and O–H groups in total. The molecular formula is C41H34Cl2IN3O7. The van der Waals surface area contributed by atoms with Gasteiger partial charge in [0.1, 0.15) is 5.75 Å². The Hall–Kier alpha value is -4.59. The molecule has 276 valence electrons. The molecule has 4 aromatic carbocycles. The number of nitrogens with zero attached hydrogens (tertiary/aromatic N) is 2. The Morgan fingerprint density at radius 2 is 1.67 bits per heavy atom. The van der Waals surface area contributed by atoms with Crippen molar-refractivity contribution in [2.24, 2.45) is 23.7 Å². The van der Waals surface area contributed by atoms with Gasteiger partial charge in [-0.1, -0.05) is 59.1 Å². The summed E-state index contributed by atoms with van der Waals surface area (Å²) in [5.74, 6) is -5.31. The monoisotopic (exact) mass is 877 g/mol. The van der Waals surface area contributed by atoms with Crippen LogP contribution >= 0.6 is 45.8 Å². The van der Waals surface area contributed by atoms with Crippen LogP contribution in [-0.4, -0.2) is 47.5 Å². The van der Waals surface area contributed by atoms with Crippen LogP contribution in [0.2, 0.25) is 10.0 Å². The third kappa shape index (κ3) is 5.49. The number of hydrazine groups is 1. The Morgan fingerprint density at radius 3 is 2.35 bits per heavy atom. The summed E-state index contributed by atoms with van der Waals surface area (Å²) in [7, 11) is 1.54. The number of nitrogens with one attached hydrogen (secondary N) is 1. The lowest BCUT2D eigenvalue weighted by Gasteiger charge is -2.50. The highest BCUT2D eigenvalue weighted by atomic mass is 127. The Bertz CT molecular complexity index is 2250. The number of phenolic OH excluding ortho intramolecular Hbond substituents is 1. The summed E-state index contributed by atoms with van der Waals surface area (Å²) in [4.78, 5) is 60.3. The van der Waals surface area contributed by atoms with Crippen molar-refractivity contribution in [1.82, 2.24) is 5.01 Å². The average Bonchev–Trinajstić information content (AvgIpc) is 3.55. The van der Waals surface area contributed by atoms with Gasteiger partial charge in [0, 0.05) is 20.1 Å². The summed E-state index contributed by atoms with van der Waals surface area (Å²) in [5.41, 5.74) is 3.69. The maximum absolute atomic E-state index is 15.5. The molecule has 2 aliphatic carbocycles. The van der Waals surface area contributed by atoms with Crippen LogP contribution in [0.15, 0.2) is 96.6 Å². The molecule has 4 amide bonds. The second-order valence-electron chi connectivity index (χ2n) is 13.8. The number of fused-ring (bicyclic) bond motifs is 4. The summed E-state index contributed by atoms with van der Waals surface area (Å²) < 4.78 is 12.3. The highest BCUT2D eigenvalue weighted by Gasteiger charge is 2.70. The highest BCUT2D eigenvalue weighted by molar-refractivity contribution is 14.1. The topological polar surface area (TPSA) is 125 Å². The first kappa shape index (κ1) is 36.4. The van der Waals surface area contributed by atoms with Gasteiger partial charge in [0.15, 0.2) is 11.5 Å². The number of amides is 4. The van der Waals surface area contributed by atoms with Crippen LogP contribution in [0.25, 0.3) is 0 Å². The number of carbonyl (C=O) groups is 4. The SMILES string of the molecule is CCOc1cccc([C@H]2C3=CC[C@@H]4C(=O)N(c5ccc(I)cc5)C(=O)[C@@H]4[C@@H]3C[C@H]3C(=O)N(Nc4ccc(Cl)cc4Cl)C(=O)[C@@]23c2ccc(OC)cc2)c1O. The lowest BCUT2D eigenvalue weighted by molar-refractivity contribution is -0.138. The van der Waals surface area contributed by atoms with Crippen molar-refractivity contribution in [1.29, 1.82) is 0 Å². The van der Waals surface area contributed by atoms with Gasteiger partial charge in [-0.15, -0.1) is 0 Å². The molecular weight excluding hydrogens is 844 g/mol. The average molecular weight is 879 g/mol. The number of phenols is 1. The number of hydrogen-bond acceptors (Lipinski definition) is 8. The van der Waals surface area contributed by atoms with Gasteiger partial charge in [-0.3, -0.25) is 29.5 Å². The zero-order valence-electron chi connectivity index (χ0n) is 29.1. The molecule has 0 spiro atoms. The number of methoxy groups -OCH3 is 1. The van der Waals surface area contributed by atoms with Crippen molar-refractivity contribution < 1.29 is 33.8 Å². The fourth-order valence-corrected chi connectivity index (χ4v) is 9.89. The van der Waals surface area contributed by atoms with Crippen LogP contribution in [0.4, 0.5) is 11.4 Å². The van der Waals surface area contributed by atoms with Crippen LogP contribution in [0.3, 0.4) is 0 Å². The standard InChI is InChI=1S/C41H34Cl2IN3O7/c1-3-54-33-6-4-5-28(36(33)48)35-26-16-17-27-34(39(51)46(37(27)49)24-12-10-23(44)11-13-24)29(26)20-30-38(50)47(45-32-18-9-22(42)19-31(32)43)40(52)41(30,35)21-7-14-25(53-2)15-8-21/h4-16,18-19,27,29-30,34-35,45,48H,3,17,20H2,1-2H3/t27-,29+,30-,34-,35+,41+/m0/s1. The van der Waals surface area contributed by atoms with Gasteiger partial charge in [0.05, 0.1) is 53.3 Å². The van der Waals surface area contributed by atoms with Crippen LogP contribution in [-0.2, 0) is 24.6 Å². The fraction of sp³-hybridized carbons (Fsp3) is 0.268. The molecule has 2 aliphatic heterocycles. The van der Waals surface area contributed by atoms with Gasteiger partial charge in [-0.2, -0.15) is 5.01 Å². The van der Waals surface area contributed by atoms with Gasteiger partial charge in [0.2, 0.25) is 11.8 Å². The van der Waals surface area contributed by atoms with Gasteiger partial charge in [-0.25, -0.2) is 0 Å². The maximum atomic E-state index is 15.5. The van der Waals surface area contributed by atoms with Crippen molar-refractivity contribution in [3.05, 3.63) is 121 Å². The molecule has 10 nitrogen and oxygen atoms in total. The third-order valence-electron chi connectivity index (χ3n) is 11.3. The Balaban J connectivity index is 1.35. The second-order valence-corrected chi connectivity index (χ2v) is 15.9. The van der Waals surface area contributed by atoms with E-state index in [-0.39, 0.29) is 53.5 Å². The van der Waals surface area contributed by atoms with Crippen LogP contribution in [0.1, 0.15) is 36.8 Å².